The van der Waals surface area contributed by atoms with Gasteiger partial charge >= 0.3 is 0 Å². The van der Waals surface area contributed by atoms with Crippen LogP contribution in [0.25, 0.3) is 0 Å². The van der Waals surface area contributed by atoms with Gasteiger partial charge < -0.3 is 15.1 Å². The summed E-state index contributed by atoms with van der Waals surface area (Å²) in [6.07, 6.45) is 5.41. The monoisotopic (exact) mass is 295 g/mol. The molecule has 1 amide bonds. The van der Waals surface area contributed by atoms with E-state index in [1.54, 1.807) is 0 Å². The van der Waals surface area contributed by atoms with Gasteiger partial charge in [0.1, 0.15) is 0 Å². The Morgan fingerprint density at radius 2 is 1.90 bits per heavy atom. The van der Waals surface area contributed by atoms with Crippen LogP contribution in [0.15, 0.2) is 0 Å². The number of rotatable bonds is 6. The van der Waals surface area contributed by atoms with Crippen molar-refractivity contribution in [1.29, 1.82) is 0 Å². The van der Waals surface area contributed by atoms with Gasteiger partial charge in [0.2, 0.25) is 5.91 Å². The number of nitrogens with one attached hydrogen (secondary N) is 1. The minimum atomic E-state index is -0.244. The normalized spacial score (nSPS) is 27.5. The van der Waals surface area contributed by atoms with E-state index in [0.717, 1.165) is 57.9 Å². The van der Waals surface area contributed by atoms with Crippen molar-refractivity contribution in [2.75, 3.05) is 39.3 Å². The van der Waals surface area contributed by atoms with Crippen LogP contribution in [0.5, 0.6) is 0 Å². The zero-order chi connectivity index (χ0) is 15.3. The summed E-state index contributed by atoms with van der Waals surface area (Å²) in [5.74, 6) is 1.13. The fourth-order valence-electron chi connectivity index (χ4n) is 3.91. The molecule has 0 saturated carbocycles. The molecule has 0 radical (unpaired) electrons. The summed E-state index contributed by atoms with van der Waals surface area (Å²) >= 11 is 0. The van der Waals surface area contributed by atoms with E-state index in [2.05, 4.69) is 35.9 Å². The molecule has 0 aromatic heterocycles. The molecule has 1 atom stereocenters. The van der Waals surface area contributed by atoms with E-state index in [4.69, 9.17) is 0 Å². The summed E-state index contributed by atoms with van der Waals surface area (Å²) in [5.41, 5.74) is -0.244. The molecule has 2 aliphatic heterocycles. The van der Waals surface area contributed by atoms with Gasteiger partial charge in [0.15, 0.2) is 0 Å². The molecule has 0 aromatic rings. The van der Waals surface area contributed by atoms with Crippen LogP contribution in [0.2, 0.25) is 0 Å². The second-order valence-electron chi connectivity index (χ2n) is 6.69. The van der Waals surface area contributed by atoms with Crippen LogP contribution in [0.3, 0.4) is 0 Å². The van der Waals surface area contributed by atoms with E-state index in [9.17, 15) is 4.79 Å². The third-order valence-electron chi connectivity index (χ3n) is 5.57. The standard InChI is InChI=1S/C17H33N3O/c1-4-17(10-7-11-18-17)16(21)20-12-8-15(9-13-20)14-19(5-2)6-3/h15,18H,4-14H2,1-3H3. The van der Waals surface area contributed by atoms with Gasteiger partial charge in [-0.05, 0) is 57.7 Å². The van der Waals surface area contributed by atoms with E-state index in [1.807, 2.05) is 0 Å². The molecule has 0 bridgehead atoms. The van der Waals surface area contributed by atoms with E-state index < -0.39 is 0 Å². The highest BCUT2D eigenvalue weighted by Gasteiger charge is 2.42. The Labute approximate surface area is 130 Å². The van der Waals surface area contributed by atoms with Crippen molar-refractivity contribution in [1.82, 2.24) is 15.1 Å². The molecule has 0 spiro atoms. The highest BCUT2D eigenvalue weighted by Crippen LogP contribution is 2.28. The van der Waals surface area contributed by atoms with Gasteiger partial charge in [-0.25, -0.2) is 0 Å². The average molecular weight is 295 g/mol. The van der Waals surface area contributed by atoms with Crippen LogP contribution in [0.4, 0.5) is 0 Å². The molecule has 1 unspecified atom stereocenters. The highest BCUT2D eigenvalue weighted by molar-refractivity contribution is 5.86. The predicted molar refractivity (Wildman–Crippen MR) is 87.4 cm³/mol. The minimum Gasteiger partial charge on any atom is -0.341 e. The highest BCUT2D eigenvalue weighted by atomic mass is 16.2. The lowest BCUT2D eigenvalue weighted by Gasteiger charge is -2.39. The Morgan fingerprint density at radius 3 is 2.38 bits per heavy atom. The molecule has 122 valence electrons. The Hall–Kier alpha value is -0.610. The molecular weight excluding hydrogens is 262 g/mol. The Kier molecular flexibility index (Phi) is 6.06. The third kappa shape index (κ3) is 3.78. The van der Waals surface area contributed by atoms with Crippen LogP contribution in [0.1, 0.15) is 52.9 Å². The maximum Gasteiger partial charge on any atom is 0.242 e. The molecule has 0 aromatic carbocycles. The average Bonchev–Trinajstić information content (AvgIpc) is 3.02. The molecule has 0 aliphatic carbocycles. The molecule has 1 N–H and O–H groups in total. The second kappa shape index (κ2) is 7.59. The van der Waals surface area contributed by atoms with Gasteiger partial charge in [-0.15, -0.1) is 0 Å². The first-order valence-corrected chi connectivity index (χ1v) is 8.92. The maximum atomic E-state index is 12.8. The van der Waals surface area contributed by atoms with Gasteiger partial charge in [0.05, 0.1) is 5.54 Å². The van der Waals surface area contributed by atoms with Crippen molar-refractivity contribution < 1.29 is 4.79 Å². The van der Waals surface area contributed by atoms with E-state index in [-0.39, 0.29) is 5.54 Å². The number of hydrogen-bond donors (Lipinski definition) is 1. The molecule has 4 nitrogen and oxygen atoms in total. The summed E-state index contributed by atoms with van der Waals surface area (Å²) < 4.78 is 0. The number of amides is 1. The lowest BCUT2D eigenvalue weighted by Crippen LogP contribution is -2.56. The predicted octanol–water partition coefficient (Wildman–Crippen LogP) is 2.10. The first-order chi connectivity index (χ1) is 10.1. The number of hydrogen-bond acceptors (Lipinski definition) is 3. The zero-order valence-corrected chi connectivity index (χ0v) is 14.2. The summed E-state index contributed by atoms with van der Waals surface area (Å²) in [6.45, 7) is 13.0. The number of piperidine rings is 1. The molecule has 2 heterocycles. The second-order valence-corrected chi connectivity index (χ2v) is 6.69. The van der Waals surface area contributed by atoms with Crippen molar-refractivity contribution in [3.05, 3.63) is 0 Å². The SMILES string of the molecule is CCN(CC)CC1CCN(C(=O)C2(CC)CCCN2)CC1. The topological polar surface area (TPSA) is 35.6 Å². The lowest BCUT2D eigenvalue weighted by molar-refractivity contribution is -0.139. The number of likely N-dealkylation sites (tertiary alicyclic amines) is 1. The van der Waals surface area contributed by atoms with Crippen molar-refractivity contribution in [2.24, 2.45) is 5.92 Å². The Balaban J connectivity index is 1.84. The van der Waals surface area contributed by atoms with Gasteiger partial charge in [0.25, 0.3) is 0 Å². The smallest absolute Gasteiger partial charge is 0.242 e. The van der Waals surface area contributed by atoms with Crippen LogP contribution in [-0.2, 0) is 4.79 Å². The summed E-state index contributed by atoms with van der Waals surface area (Å²) in [5, 5.41) is 3.48. The molecule has 2 aliphatic rings. The van der Waals surface area contributed by atoms with Crippen molar-refractivity contribution >= 4 is 5.91 Å². The first kappa shape index (κ1) is 16.8. The maximum absolute atomic E-state index is 12.8. The first-order valence-electron chi connectivity index (χ1n) is 8.92. The molecule has 2 saturated heterocycles. The number of nitrogens with zero attached hydrogens (tertiary/aromatic N) is 2. The lowest BCUT2D eigenvalue weighted by atomic mass is 9.89. The molecule has 4 heteroatoms. The fourth-order valence-corrected chi connectivity index (χ4v) is 3.91. The van der Waals surface area contributed by atoms with E-state index in [0.29, 0.717) is 5.91 Å². The summed E-state index contributed by atoms with van der Waals surface area (Å²) in [7, 11) is 0. The third-order valence-corrected chi connectivity index (χ3v) is 5.57. The number of carbonyl (C=O) groups is 1. The largest absolute Gasteiger partial charge is 0.341 e. The van der Waals surface area contributed by atoms with E-state index >= 15 is 0 Å². The van der Waals surface area contributed by atoms with Crippen LogP contribution < -0.4 is 5.32 Å². The molecule has 2 fully saturated rings. The van der Waals surface area contributed by atoms with E-state index in [1.165, 1.54) is 19.4 Å². The van der Waals surface area contributed by atoms with Crippen LogP contribution >= 0.6 is 0 Å². The summed E-state index contributed by atoms with van der Waals surface area (Å²) in [4.78, 5) is 17.5. The van der Waals surface area contributed by atoms with Crippen LogP contribution in [-0.4, -0.2) is 60.5 Å². The van der Waals surface area contributed by atoms with Gasteiger partial charge in [-0.3, -0.25) is 4.79 Å². The number of carbonyl (C=O) groups excluding carboxylic acids is 1. The minimum absolute atomic E-state index is 0.244. The fraction of sp³-hybridized carbons (Fsp3) is 0.941. The van der Waals surface area contributed by atoms with Crippen LogP contribution in [0, 0.1) is 5.92 Å². The van der Waals surface area contributed by atoms with Gasteiger partial charge in [0, 0.05) is 19.6 Å². The van der Waals surface area contributed by atoms with Gasteiger partial charge in [-0.1, -0.05) is 20.8 Å². The van der Waals surface area contributed by atoms with Crippen molar-refractivity contribution in [3.63, 3.8) is 0 Å². The Bertz CT molecular complexity index is 327. The summed E-state index contributed by atoms with van der Waals surface area (Å²) in [6, 6.07) is 0. The molecule has 2 rings (SSSR count). The van der Waals surface area contributed by atoms with Crippen molar-refractivity contribution in [2.45, 2.75) is 58.4 Å². The molecular formula is C17H33N3O. The molecule has 21 heavy (non-hydrogen) atoms. The van der Waals surface area contributed by atoms with Crippen molar-refractivity contribution in [3.8, 4) is 0 Å². The quantitative estimate of drug-likeness (QED) is 0.815. The Morgan fingerprint density at radius 1 is 1.24 bits per heavy atom. The zero-order valence-electron chi connectivity index (χ0n) is 14.2. The van der Waals surface area contributed by atoms with Gasteiger partial charge in [-0.2, -0.15) is 0 Å².